The summed E-state index contributed by atoms with van der Waals surface area (Å²) in [7, 11) is -2.92. The summed E-state index contributed by atoms with van der Waals surface area (Å²) in [6, 6.07) is 1.83. The molecular formula is C3H4BN2O3Pd-3. The Morgan fingerprint density at radius 3 is 1.90 bits per heavy atom. The summed E-state index contributed by atoms with van der Waals surface area (Å²) >= 11 is 0. The molecule has 7 heteroatoms. The number of nitrogens with one attached hydrogen (secondary N) is 1. The van der Waals surface area contributed by atoms with E-state index >= 15 is 0 Å². The smallest absolute Gasteiger partial charge is 0.0487 e. The third-order valence-electron chi connectivity index (χ3n) is 0.406. The van der Waals surface area contributed by atoms with Crippen LogP contribution in [0.15, 0.2) is 18.5 Å². The molecule has 0 aliphatic rings. The van der Waals surface area contributed by atoms with Crippen molar-refractivity contribution in [2.75, 3.05) is 0 Å². The van der Waals surface area contributed by atoms with Gasteiger partial charge in [0.25, 0.3) is 0 Å². The Hall–Kier alpha value is -0.183. The molecule has 5 nitrogen and oxygen atoms in total. The van der Waals surface area contributed by atoms with E-state index in [0.29, 0.717) is 0 Å². The van der Waals surface area contributed by atoms with E-state index < -0.39 is 7.32 Å². The molecule has 1 heterocycles. The molecule has 0 atom stereocenters. The minimum absolute atomic E-state index is 0. The average Bonchev–Trinajstić information content (AvgIpc) is 2.11. The molecule has 10 heavy (non-hydrogen) atoms. The zero-order valence-corrected chi connectivity index (χ0v) is 6.35. The van der Waals surface area contributed by atoms with Crippen molar-refractivity contribution in [2.45, 2.75) is 0 Å². The number of hydrogen-bond donors (Lipinski definition) is 1. The van der Waals surface area contributed by atoms with Gasteiger partial charge in [0.15, 0.2) is 0 Å². The maximum atomic E-state index is 8.42. The Kier molecular flexibility index (Phi) is 11.0. The molecule has 0 aliphatic heterocycles. The van der Waals surface area contributed by atoms with Crippen LogP contribution in [0.3, 0.4) is 0 Å². The third-order valence-corrected chi connectivity index (χ3v) is 0.406. The predicted octanol–water partition coefficient (Wildman–Crippen LogP) is -3.54. The summed E-state index contributed by atoms with van der Waals surface area (Å²) in [5, 5.41) is 31.5. The van der Waals surface area contributed by atoms with Gasteiger partial charge >= 0.3 is 0 Å². The molecule has 0 radical (unpaired) electrons. The van der Waals surface area contributed by atoms with E-state index in [1.807, 2.05) is 6.07 Å². The Labute approximate surface area is 71.9 Å². The van der Waals surface area contributed by atoms with Crippen molar-refractivity contribution in [1.29, 1.82) is 0 Å². The Bertz CT molecular complexity index is 105. The number of aromatic nitrogens is 2. The van der Waals surface area contributed by atoms with Gasteiger partial charge in [-0.25, -0.2) is 0 Å². The number of hydrogen-bond acceptors (Lipinski definition) is 4. The molecule has 60 valence electrons. The van der Waals surface area contributed by atoms with Gasteiger partial charge in [0.2, 0.25) is 0 Å². The summed E-state index contributed by atoms with van der Waals surface area (Å²) in [6.45, 7) is 0. The summed E-state index contributed by atoms with van der Waals surface area (Å²) in [5.41, 5.74) is 0. The minimum Gasteiger partial charge on any atom is -0.907 e. The molecule has 1 aromatic heterocycles. The van der Waals surface area contributed by atoms with Gasteiger partial charge in [0.1, 0.15) is 0 Å². The van der Waals surface area contributed by atoms with E-state index in [0.717, 1.165) is 0 Å². The maximum Gasteiger partial charge on any atom is 0.0487 e. The molecule has 0 saturated carbocycles. The summed E-state index contributed by atoms with van der Waals surface area (Å²) in [6.07, 6.45) is 3.46. The average molecular weight is 233 g/mol. The largest absolute Gasteiger partial charge is 0.907 e. The second kappa shape index (κ2) is 8.82. The van der Waals surface area contributed by atoms with Crippen molar-refractivity contribution in [3.8, 4) is 0 Å². The van der Waals surface area contributed by atoms with Gasteiger partial charge in [-0.05, 0) is 6.07 Å². The molecule has 0 bridgehead atoms. The fourth-order valence-corrected chi connectivity index (χ4v) is 0.215. The molecule has 0 amide bonds. The summed E-state index contributed by atoms with van der Waals surface area (Å²) < 4.78 is 0. The number of nitrogens with zero attached hydrogens (tertiary/aromatic N) is 1. The fraction of sp³-hybridized carbons (Fsp3) is 0. The van der Waals surface area contributed by atoms with Crippen molar-refractivity contribution in [3.63, 3.8) is 0 Å². The quantitative estimate of drug-likeness (QED) is 0.469. The van der Waals surface area contributed by atoms with Crippen LogP contribution >= 0.6 is 0 Å². The molecular weight excluding hydrogens is 229 g/mol. The van der Waals surface area contributed by atoms with E-state index in [2.05, 4.69) is 10.2 Å². The van der Waals surface area contributed by atoms with Gasteiger partial charge in [-0.1, -0.05) is 0 Å². The van der Waals surface area contributed by atoms with Crippen molar-refractivity contribution in [3.05, 3.63) is 18.5 Å². The van der Waals surface area contributed by atoms with Crippen LogP contribution < -0.4 is 15.1 Å². The topological polar surface area (TPSA) is 97.9 Å². The van der Waals surface area contributed by atoms with Gasteiger partial charge in [0.05, 0.1) is 0 Å². The van der Waals surface area contributed by atoms with E-state index in [1.54, 1.807) is 12.4 Å². The SMILES string of the molecule is [O-]B([O-])[O-].[Pd].c1cn[nH]c1. The Balaban J connectivity index is 0. The molecule has 0 aromatic carbocycles. The Morgan fingerprint density at radius 2 is 1.80 bits per heavy atom. The van der Waals surface area contributed by atoms with Crippen molar-refractivity contribution >= 4 is 7.32 Å². The van der Waals surface area contributed by atoms with Crippen LogP contribution in [-0.4, -0.2) is 17.5 Å². The molecule has 1 aromatic rings. The van der Waals surface area contributed by atoms with Crippen LogP contribution in [0.2, 0.25) is 0 Å². The first-order valence-electron chi connectivity index (χ1n) is 2.14. The number of aromatic amines is 1. The molecule has 0 unspecified atom stereocenters. The second-order valence-electron chi connectivity index (χ2n) is 1.06. The zero-order valence-electron chi connectivity index (χ0n) is 4.80. The van der Waals surface area contributed by atoms with Crippen LogP contribution in [0.1, 0.15) is 0 Å². The van der Waals surface area contributed by atoms with Gasteiger partial charge in [0, 0.05) is 32.8 Å². The maximum absolute atomic E-state index is 8.42. The standard InChI is InChI=1S/C3H4N2.BO3.Pd/c1-2-4-5-3-1;2-1(3)4;/h1-3H,(H,4,5);;/q;-3;. The van der Waals surface area contributed by atoms with E-state index in [9.17, 15) is 0 Å². The molecule has 0 aliphatic carbocycles. The number of H-pyrrole nitrogens is 1. The van der Waals surface area contributed by atoms with Crippen LogP contribution in [0.5, 0.6) is 0 Å². The zero-order chi connectivity index (χ0) is 7.11. The van der Waals surface area contributed by atoms with Crippen LogP contribution in [-0.2, 0) is 20.4 Å². The monoisotopic (exact) mass is 233 g/mol. The third kappa shape index (κ3) is 15.7. The van der Waals surface area contributed by atoms with E-state index in [-0.39, 0.29) is 20.4 Å². The van der Waals surface area contributed by atoms with Crippen LogP contribution in [0.25, 0.3) is 0 Å². The van der Waals surface area contributed by atoms with Crippen molar-refractivity contribution < 1.29 is 35.5 Å². The van der Waals surface area contributed by atoms with E-state index in [1.165, 1.54) is 0 Å². The summed E-state index contributed by atoms with van der Waals surface area (Å²) in [5.74, 6) is 0. The first-order valence-corrected chi connectivity index (χ1v) is 2.14. The van der Waals surface area contributed by atoms with Crippen molar-refractivity contribution in [2.24, 2.45) is 0 Å². The molecule has 0 saturated heterocycles. The molecule has 1 N–H and O–H groups in total. The minimum atomic E-state index is -2.92. The van der Waals surface area contributed by atoms with Crippen LogP contribution in [0, 0.1) is 0 Å². The van der Waals surface area contributed by atoms with E-state index in [4.69, 9.17) is 15.1 Å². The van der Waals surface area contributed by atoms with Gasteiger partial charge in [-0.3, -0.25) is 12.4 Å². The fourth-order valence-electron chi connectivity index (χ4n) is 0.215. The first-order chi connectivity index (χ1) is 4.23. The van der Waals surface area contributed by atoms with Crippen LogP contribution in [0.4, 0.5) is 0 Å². The van der Waals surface area contributed by atoms with Gasteiger partial charge in [-0.2, -0.15) is 5.10 Å². The Morgan fingerprint density at radius 1 is 1.30 bits per heavy atom. The van der Waals surface area contributed by atoms with Crippen molar-refractivity contribution in [1.82, 2.24) is 10.2 Å². The van der Waals surface area contributed by atoms with Gasteiger partial charge < -0.3 is 15.1 Å². The second-order valence-corrected chi connectivity index (χ2v) is 1.06. The molecule has 0 fully saturated rings. The first kappa shape index (κ1) is 12.5. The summed E-state index contributed by atoms with van der Waals surface area (Å²) in [4.78, 5) is 0. The predicted molar refractivity (Wildman–Crippen MR) is 24.3 cm³/mol. The number of rotatable bonds is 0. The normalized spacial score (nSPS) is 6.70. The molecule has 0 spiro atoms. The van der Waals surface area contributed by atoms with Gasteiger partial charge in [-0.15, -0.1) is 0 Å². The molecule has 1 rings (SSSR count).